The molecule has 3 aromatic heterocycles. The van der Waals surface area contributed by atoms with E-state index in [0.717, 1.165) is 101 Å². The van der Waals surface area contributed by atoms with Crippen LogP contribution in [-0.2, 0) is 32.5 Å². The highest BCUT2D eigenvalue weighted by atomic mass is 15.1. The third-order valence-corrected chi connectivity index (χ3v) is 22.3. The van der Waals surface area contributed by atoms with E-state index in [2.05, 4.69) is 457 Å². The molecule has 10 nitrogen and oxygen atoms in total. The van der Waals surface area contributed by atoms with Gasteiger partial charge in [0.25, 0.3) is 0 Å². The lowest BCUT2D eigenvalue weighted by atomic mass is 9.86. The molecule has 0 aliphatic carbocycles. The highest BCUT2D eigenvalue weighted by molar-refractivity contribution is 5.82. The van der Waals surface area contributed by atoms with Crippen molar-refractivity contribution in [2.24, 2.45) is 0 Å². The standard InChI is InChI=1S/C111H108N10/c1-106(2,3)88-55-43-82(44-56-88)100-112-97(113-101(118-100)83-45-57-89(58-46-83)107(4,5)6)79-37-25-73(26-38-79)19-22-76-31-67-94(68-32-76)121(95-69-33-77(34-70-95)23-20-74-27-39-80(40-28-74)98-114-102(84-47-59-90(60-48-84)108(7,8)9)119-103(115-98)85-49-61-91(62-50-85)109(10,11)12)96-71-35-78(36-72-96)24-21-75-29-41-81(42-30-75)99-116-104(86-51-63-92(64-52-86)110(13,14)15)120-105(117-99)87-53-65-93(66-54-87)111(16,17)18/h19-72H,1-18H3. The SMILES string of the molecule is CC(C)(C)c1ccc(-c2nc(-c3ccc(C=Cc4ccc(N(c5ccc(C=Cc6ccc(-c7nc(-c8ccc(C(C)(C)C)cc8)nc(-c8ccc(C(C)(C)C)cc8)n7)cc6)cc5)c5ccc(C=Cc6ccc(-c7nc(-c8ccc(C(C)(C)C)cc8)nc(-c8ccc(C(C)(C)C)cc8)n7)cc6)cc5)cc4)cc3)nc(-c3ccc(C(C)(C)C)cc3)n2)cc1. The molecule has 0 saturated carbocycles. The Kier molecular flexibility index (Phi) is 23.1. The normalized spacial score (nSPS) is 12.4. The van der Waals surface area contributed by atoms with E-state index in [1.54, 1.807) is 0 Å². The zero-order valence-electron chi connectivity index (χ0n) is 73.1. The Bertz CT molecular complexity index is 5380. The molecule has 0 atom stereocenters. The van der Waals surface area contributed by atoms with Gasteiger partial charge >= 0.3 is 0 Å². The van der Waals surface area contributed by atoms with Crippen LogP contribution in [-0.4, -0.2) is 44.9 Å². The van der Waals surface area contributed by atoms with Crippen LogP contribution in [0.25, 0.3) is 139 Å². The van der Waals surface area contributed by atoms with Gasteiger partial charge in [0, 0.05) is 67.1 Å². The number of hydrogen-bond acceptors (Lipinski definition) is 10. The van der Waals surface area contributed by atoms with Gasteiger partial charge in [-0.1, -0.05) is 416 Å². The molecule has 0 fully saturated rings. The van der Waals surface area contributed by atoms with Crippen molar-refractivity contribution in [2.75, 3.05) is 4.90 Å². The lowest BCUT2D eigenvalue weighted by Crippen LogP contribution is -2.11. The first-order chi connectivity index (χ1) is 57.6. The molecule has 0 aliphatic heterocycles. The minimum atomic E-state index is 0.0177. The maximum atomic E-state index is 5.10. The van der Waals surface area contributed by atoms with Gasteiger partial charge in [0.15, 0.2) is 52.4 Å². The molecule has 15 aromatic rings. The van der Waals surface area contributed by atoms with Crippen LogP contribution in [0.15, 0.2) is 291 Å². The Balaban J connectivity index is 0.697. The molecule has 0 N–H and O–H groups in total. The summed E-state index contributed by atoms with van der Waals surface area (Å²) in [5, 5.41) is 0. The van der Waals surface area contributed by atoms with Crippen molar-refractivity contribution >= 4 is 53.5 Å². The average molecular weight is 1580 g/mol. The molecule has 121 heavy (non-hydrogen) atoms. The van der Waals surface area contributed by atoms with E-state index in [9.17, 15) is 0 Å². The number of anilines is 3. The Morgan fingerprint density at radius 1 is 0.149 bits per heavy atom. The summed E-state index contributed by atoms with van der Waals surface area (Å²) >= 11 is 0. The van der Waals surface area contributed by atoms with Gasteiger partial charge in [-0.25, -0.2) is 44.9 Å². The van der Waals surface area contributed by atoms with Crippen molar-refractivity contribution in [2.45, 2.75) is 157 Å². The van der Waals surface area contributed by atoms with Crippen LogP contribution in [0.1, 0.15) is 191 Å². The van der Waals surface area contributed by atoms with Gasteiger partial charge in [-0.3, -0.25) is 0 Å². The van der Waals surface area contributed by atoms with Gasteiger partial charge in [0.2, 0.25) is 0 Å². The topological polar surface area (TPSA) is 119 Å². The van der Waals surface area contributed by atoms with E-state index in [0.29, 0.717) is 52.4 Å². The van der Waals surface area contributed by atoms with Crippen LogP contribution in [0.3, 0.4) is 0 Å². The molecule has 10 heteroatoms. The van der Waals surface area contributed by atoms with Crippen LogP contribution in [0.5, 0.6) is 0 Å². The summed E-state index contributed by atoms with van der Waals surface area (Å²) in [6.07, 6.45) is 12.9. The second-order valence-corrected chi connectivity index (χ2v) is 37.9. The minimum absolute atomic E-state index is 0.0177. The predicted molar refractivity (Wildman–Crippen MR) is 509 cm³/mol. The van der Waals surface area contributed by atoms with E-state index in [4.69, 9.17) is 44.9 Å². The summed E-state index contributed by atoms with van der Waals surface area (Å²) < 4.78 is 0. The van der Waals surface area contributed by atoms with Crippen LogP contribution in [0.2, 0.25) is 0 Å². The molecule has 0 amide bonds. The van der Waals surface area contributed by atoms with Crippen molar-refractivity contribution in [1.29, 1.82) is 0 Å². The number of hydrogen-bond donors (Lipinski definition) is 0. The molecule has 0 aliphatic rings. The van der Waals surface area contributed by atoms with Gasteiger partial charge in [0.05, 0.1) is 0 Å². The lowest BCUT2D eigenvalue weighted by molar-refractivity contribution is 0.590. The highest BCUT2D eigenvalue weighted by Crippen LogP contribution is 2.39. The minimum Gasteiger partial charge on any atom is -0.311 e. The number of benzene rings is 12. The maximum absolute atomic E-state index is 5.10. The zero-order valence-corrected chi connectivity index (χ0v) is 73.1. The Hall–Kier alpha value is -13.3. The summed E-state index contributed by atoms with van der Waals surface area (Å²) in [7, 11) is 0. The van der Waals surface area contributed by atoms with E-state index in [1.807, 2.05) is 0 Å². The number of nitrogens with zero attached hydrogens (tertiary/aromatic N) is 10. The Morgan fingerprint density at radius 2 is 0.256 bits per heavy atom. The molecule has 3 heterocycles. The molecule has 15 rings (SSSR count). The summed E-state index contributed by atoms with van der Waals surface area (Å²) in [5.41, 5.74) is 25.4. The molecule has 0 saturated heterocycles. The molecule has 12 aromatic carbocycles. The van der Waals surface area contributed by atoms with E-state index in [-0.39, 0.29) is 32.5 Å². The highest BCUT2D eigenvalue weighted by Gasteiger charge is 2.24. The van der Waals surface area contributed by atoms with Gasteiger partial charge in [0.1, 0.15) is 0 Å². The van der Waals surface area contributed by atoms with E-state index >= 15 is 0 Å². The van der Waals surface area contributed by atoms with E-state index in [1.165, 1.54) is 33.4 Å². The third-order valence-electron chi connectivity index (χ3n) is 22.3. The molecule has 602 valence electrons. The quantitative estimate of drug-likeness (QED) is 0.0768. The Labute approximate surface area is 716 Å². The van der Waals surface area contributed by atoms with Gasteiger partial charge in [-0.2, -0.15) is 0 Å². The molecule has 0 spiro atoms. The Morgan fingerprint density at radius 3 is 0.372 bits per heavy atom. The van der Waals surface area contributed by atoms with Crippen molar-refractivity contribution in [1.82, 2.24) is 44.9 Å². The zero-order chi connectivity index (χ0) is 85.2. The summed E-state index contributed by atoms with van der Waals surface area (Å²) in [5.74, 6) is 5.68. The second-order valence-electron chi connectivity index (χ2n) is 37.9. The predicted octanol–water partition coefficient (Wildman–Crippen LogP) is 29.0. The molecule has 0 unspecified atom stereocenters. The van der Waals surface area contributed by atoms with Crippen molar-refractivity contribution < 1.29 is 0 Å². The summed E-state index contributed by atoms with van der Waals surface area (Å²) in [6, 6.07) is 103. The second kappa shape index (κ2) is 33.8. The first-order valence-electron chi connectivity index (χ1n) is 42.0. The van der Waals surface area contributed by atoms with Crippen molar-refractivity contribution in [3.63, 3.8) is 0 Å². The third kappa shape index (κ3) is 20.0. The van der Waals surface area contributed by atoms with Crippen LogP contribution in [0.4, 0.5) is 17.1 Å². The van der Waals surface area contributed by atoms with Gasteiger partial charge in [-0.15, -0.1) is 0 Å². The molecule has 0 bridgehead atoms. The average Bonchev–Trinajstić information content (AvgIpc) is 0.798. The van der Waals surface area contributed by atoms with Crippen LogP contribution in [0, 0.1) is 0 Å². The number of rotatable bonds is 18. The van der Waals surface area contributed by atoms with Crippen LogP contribution < -0.4 is 4.90 Å². The first-order valence-corrected chi connectivity index (χ1v) is 42.0. The fourth-order valence-electron chi connectivity index (χ4n) is 14.5. The van der Waals surface area contributed by atoms with Crippen LogP contribution >= 0.6 is 0 Å². The van der Waals surface area contributed by atoms with Gasteiger partial charge < -0.3 is 4.90 Å². The van der Waals surface area contributed by atoms with Crippen molar-refractivity contribution in [3.8, 4) is 102 Å². The van der Waals surface area contributed by atoms with Gasteiger partial charge in [-0.05, 0) is 136 Å². The summed E-state index contributed by atoms with van der Waals surface area (Å²) in [6.45, 7) is 40.1. The van der Waals surface area contributed by atoms with E-state index < -0.39 is 0 Å². The van der Waals surface area contributed by atoms with Crippen molar-refractivity contribution in [3.05, 3.63) is 358 Å². The molecule has 0 radical (unpaired) electrons. The largest absolute Gasteiger partial charge is 0.311 e. The monoisotopic (exact) mass is 1580 g/mol. The number of aromatic nitrogens is 9. The lowest BCUT2D eigenvalue weighted by Gasteiger charge is -2.26. The maximum Gasteiger partial charge on any atom is 0.164 e. The first kappa shape index (κ1) is 82.8. The molecular formula is C111H108N10. The fraction of sp³-hybridized carbons (Fsp3) is 0.216. The molecular weight excluding hydrogens is 1470 g/mol. The smallest absolute Gasteiger partial charge is 0.164 e. The summed E-state index contributed by atoms with van der Waals surface area (Å²) in [4.78, 5) is 48.1. The fourth-order valence-corrected chi connectivity index (χ4v) is 14.5.